The third-order valence-corrected chi connectivity index (χ3v) is 2.53. The molecule has 0 radical (unpaired) electrons. The summed E-state index contributed by atoms with van der Waals surface area (Å²) in [4.78, 5) is 4.11. The average Bonchev–Trinajstić information content (AvgIpc) is 2.47. The highest BCUT2D eigenvalue weighted by Crippen LogP contribution is 2.20. The first-order valence-electron chi connectivity index (χ1n) is 3.99. The number of aryl methyl sites for hydroxylation is 1. The Balaban J connectivity index is 2.49. The molecule has 5 heteroatoms. The lowest BCUT2D eigenvalue weighted by molar-refractivity contribution is 0.775. The molecule has 0 saturated heterocycles. The molecule has 1 heterocycles. The zero-order valence-electron chi connectivity index (χ0n) is 7.41. The highest BCUT2D eigenvalue weighted by atomic mass is 79.9. The maximum atomic E-state index is 5.69. The van der Waals surface area contributed by atoms with E-state index in [1.54, 1.807) is 4.68 Å². The van der Waals surface area contributed by atoms with Crippen molar-refractivity contribution in [3.05, 3.63) is 34.0 Å². The van der Waals surface area contributed by atoms with Crippen molar-refractivity contribution in [2.45, 2.75) is 0 Å². The Bertz CT molecular complexity index is 450. The fourth-order valence-electron chi connectivity index (χ4n) is 1.20. The molecule has 0 aliphatic rings. The van der Waals surface area contributed by atoms with Gasteiger partial charge in [0.15, 0.2) is 5.82 Å². The van der Waals surface area contributed by atoms with Crippen LogP contribution in [0, 0.1) is 0 Å². The van der Waals surface area contributed by atoms with Crippen molar-refractivity contribution >= 4 is 27.5 Å². The summed E-state index contributed by atoms with van der Waals surface area (Å²) in [5.74, 6) is 0.766. The molecule has 0 aliphatic heterocycles. The molecule has 72 valence electrons. The lowest BCUT2D eigenvalue weighted by Crippen LogP contribution is -1.93. The second kappa shape index (κ2) is 3.71. The van der Waals surface area contributed by atoms with Gasteiger partial charge >= 0.3 is 0 Å². The van der Waals surface area contributed by atoms with Crippen LogP contribution in [0.2, 0.25) is 5.28 Å². The van der Waals surface area contributed by atoms with Crippen LogP contribution in [-0.4, -0.2) is 14.8 Å². The monoisotopic (exact) mass is 271 g/mol. The van der Waals surface area contributed by atoms with Crippen molar-refractivity contribution in [1.82, 2.24) is 14.8 Å². The number of rotatable bonds is 1. The number of halogens is 2. The Labute approximate surface area is 94.9 Å². The topological polar surface area (TPSA) is 30.7 Å². The lowest BCUT2D eigenvalue weighted by atomic mass is 10.2. The normalized spacial score (nSPS) is 10.5. The van der Waals surface area contributed by atoms with Gasteiger partial charge in [-0.25, -0.2) is 4.68 Å². The highest BCUT2D eigenvalue weighted by Gasteiger charge is 2.06. The van der Waals surface area contributed by atoms with Gasteiger partial charge in [-0.2, -0.15) is 4.98 Å². The van der Waals surface area contributed by atoms with E-state index in [4.69, 9.17) is 11.6 Å². The number of aromatic nitrogens is 3. The fraction of sp³-hybridized carbons (Fsp3) is 0.111. The van der Waals surface area contributed by atoms with Crippen LogP contribution in [0.1, 0.15) is 0 Å². The van der Waals surface area contributed by atoms with Crippen LogP contribution in [0.25, 0.3) is 11.4 Å². The van der Waals surface area contributed by atoms with Crippen molar-refractivity contribution in [3.8, 4) is 11.4 Å². The Morgan fingerprint density at radius 3 is 2.43 bits per heavy atom. The maximum Gasteiger partial charge on any atom is 0.242 e. The number of hydrogen-bond donors (Lipinski definition) is 0. The Morgan fingerprint density at radius 1 is 1.29 bits per heavy atom. The van der Waals surface area contributed by atoms with Gasteiger partial charge in [0, 0.05) is 17.1 Å². The molecule has 0 fully saturated rings. The smallest absolute Gasteiger partial charge is 0.242 e. The van der Waals surface area contributed by atoms with Crippen LogP contribution >= 0.6 is 27.5 Å². The predicted octanol–water partition coefficient (Wildman–Crippen LogP) is 2.90. The van der Waals surface area contributed by atoms with Crippen LogP contribution in [0.5, 0.6) is 0 Å². The Morgan fingerprint density at radius 2 is 1.93 bits per heavy atom. The average molecular weight is 273 g/mol. The van der Waals surface area contributed by atoms with E-state index in [9.17, 15) is 0 Å². The van der Waals surface area contributed by atoms with Crippen molar-refractivity contribution in [2.24, 2.45) is 7.05 Å². The van der Waals surface area contributed by atoms with Crippen molar-refractivity contribution in [3.63, 3.8) is 0 Å². The molecule has 1 aromatic carbocycles. The molecule has 0 saturated carbocycles. The molecule has 0 unspecified atom stereocenters. The predicted molar refractivity (Wildman–Crippen MR) is 59.1 cm³/mol. The molecule has 2 aromatic rings. The number of benzene rings is 1. The van der Waals surface area contributed by atoms with Crippen LogP contribution in [-0.2, 0) is 7.05 Å². The van der Waals surface area contributed by atoms with Gasteiger partial charge in [-0.1, -0.05) is 28.1 Å². The lowest BCUT2D eigenvalue weighted by Gasteiger charge is -1.99. The van der Waals surface area contributed by atoms with E-state index in [2.05, 4.69) is 26.0 Å². The quantitative estimate of drug-likeness (QED) is 0.799. The summed E-state index contributed by atoms with van der Waals surface area (Å²) in [5, 5.41) is 4.24. The molecular weight excluding hydrogens is 265 g/mol. The Kier molecular flexibility index (Phi) is 2.56. The van der Waals surface area contributed by atoms with Gasteiger partial charge in [0.1, 0.15) is 0 Å². The number of nitrogens with zero attached hydrogens (tertiary/aromatic N) is 3. The van der Waals surface area contributed by atoms with Gasteiger partial charge in [0.2, 0.25) is 5.28 Å². The van der Waals surface area contributed by atoms with Gasteiger partial charge in [-0.05, 0) is 23.7 Å². The molecular formula is C9H7BrClN3. The Hall–Kier alpha value is -0.870. The molecule has 2 rings (SSSR count). The molecule has 0 atom stereocenters. The van der Waals surface area contributed by atoms with Crippen LogP contribution in [0.15, 0.2) is 28.7 Å². The first kappa shape index (κ1) is 9.68. The summed E-state index contributed by atoms with van der Waals surface area (Å²) in [6.45, 7) is 0. The minimum Gasteiger partial charge on any atom is -0.247 e. The van der Waals surface area contributed by atoms with Crippen LogP contribution in [0.4, 0.5) is 0 Å². The minimum absolute atomic E-state index is 0.269. The zero-order valence-corrected chi connectivity index (χ0v) is 9.75. The first-order chi connectivity index (χ1) is 6.66. The molecule has 1 aromatic heterocycles. The van der Waals surface area contributed by atoms with Crippen molar-refractivity contribution < 1.29 is 0 Å². The number of hydrogen-bond acceptors (Lipinski definition) is 2. The van der Waals surface area contributed by atoms with E-state index in [1.807, 2.05) is 31.3 Å². The SMILES string of the molecule is Cn1nc(Cl)nc1-c1ccc(Br)cc1. The third-order valence-electron chi connectivity index (χ3n) is 1.84. The fourth-order valence-corrected chi connectivity index (χ4v) is 1.66. The maximum absolute atomic E-state index is 5.69. The molecule has 0 aliphatic carbocycles. The molecule has 0 N–H and O–H groups in total. The summed E-state index contributed by atoms with van der Waals surface area (Å²) >= 11 is 9.07. The minimum atomic E-state index is 0.269. The molecule has 3 nitrogen and oxygen atoms in total. The summed E-state index contributed by atoms with van der Waals surface area (Å²) in [6.07, 6.45) is 0. The molecule has 0 bridgehead atoms. The van der Waals surface area contributed by atoms with E-state index in [0.29, 0.717) is 0 Å². The summed E-state index contributed by atoms with van der Waals surface area (Å²) in [7, 11) is 1.82. The van der Waals surface area contributed by atoms with Gasteiger partial charge in [0.05, 0.1) is 0 Å². The van der Waals surface area contributed by atoms with E-state index >= 15 is 0 Å². The van der Waals surface area contributed by atoms with Gasteiger partial charge in [-0.15, -0.1) is 5.10 Å². The largest absolute Gasteiger partial charge is 0.247 e. The van der Waals surface area contributed by atoms with Crippen LogP contribution < -0.4 is 0 Å². The molecule has 0 amide bonds. The van der Waals surface area contributed by atoms with Crippen molar-refractivity contribution in [2.75, 3.05) is 0 Å². The summed E-state index contributed by atoms with van der Waals surface area (Å²) < 4.78 is 2.69. The van der Waals surface area contributed by atoms with E-state index in [1.165, 1.54) is 0 Å². The second-order valence-electron chi connectivity index (χ2n) is 2.83. The van der Waals surface area contributed by atoms with Crippen molar-refractivity contribution in [1.29, 1.82) is 0 Å². The molecule has 0 spiro atoms. The third kappa shape index (κ3) is 1.81. The highest BCUT2D eigenvalue weighted by molar-refractivity contribution is 9.10. The van der Waals surface area contributed by atoms with Gasteiger partial charge in [-0.3, -0.25) is 0 Å². The van der Waals surface area contributed by atoms with E-state index in [-0.39, 0.29) is 5.28 Å². The first-order valence-corrected chi connectivity index (χ1v) is 5.16. The zero-order chi connectivity index (χ0) is 10.1. The van der Waals surface area contributed by atoms with E-state index in [0.717, 1.165) is 15.9 Å². The van der Waals surface area contributed by atoms with Gasteiger partial charge < -0.3 is 0 Å². The molecule has 14 heavy (non-hydrogen) atoms. The van der Waals surface area contributed by atoms with Gasteiger partial charge in [0.25, 0.3) is 0 Å². The summed E-state index contributed by atoms with van der Waals surface area (Å²) in [5.41, 5.74) is 0.995. The van der Waals surface area contributed by atoms with E-state index < -0.39 is 0 Å². The van der Waals surface area contributed by atoms with Crippen LogP contribution in [0.3, 0.4) is 0 Å². The second-order valence-corrected chi connectivity index (χ2v) is 4.09. The summed E-state index contributed by atoms with van der Waals surface area (Å²) in [6, 6.07) is 7.84. The standard InChI is InChI=1S/C9H7BrClN3/c1-14-8(12-9(11)13-14)6-2-4-7(10)5-3-6/h2-5H,1H3.